The molecule has 0 saturated heterocycles. The molecule has 0 amide bonds. The number of benzene rings is 10. The van der Waals surface area contributed by atoms with Gasteiger partial charge in [-0.25, -0.2) is 9.97 Å². The standard InChI is InChI=1S/C65H41N5/c1-2-19-42(20-3-1)68-56-31-13-12-27-50(56)53-39-41(37-38-61(53)68)43-30-18-36-62(69-57-32-14-8-23-46(57)47-24-9-15-33-58(47)69)64(43)55-40-54(63-51-28-6-4-21-44(51)45-22-5-7-29-52(45)63)66-65(67-55)70-59-34-16-10-25-48(59)49-26-11-17-35-60(49)70/h1-40,63H/i4D,6D,10D,16D,21D,25D,28D,34D. The first-order valence-electron chi connectivity index (χ1n) is 27.4. The first-order chi connectivity index (χ1) is 38.1. The number of hydrogen-bond acceptors (Lipinski definition) is 2. The summed E-state index contributed by atoms with van der Waals surface area (Å²) in [5.74, 6) is -0.695. The molecular weight excluding hydrogens is 851 g/mol. The van der Waals surface area contributed by atoms with Gasteiger partial charge in [-0.2, -0.15) is 0 Å². The Balaban J connectivity index is 1.11. The molecule has 15 rings (SSSR count). The number of nitrogens with zero attached hydrogens (tertiary/aromatic N) is 5. The first kappa shape index (κ1) is 31.6. The van der Waals surface area contributed by atoms with Crippen LogP contribution in [-0.2, 0) is 0 Å². The second kappa shape index (κ2) is 15.1. The Morgan fingerprint density at radius 3 is 1.73 bits per heavy atom. The summed E-state index contributed by atoms with van der Waals surface area (Å²) >= 11 is 0. The predicted octanol–water partition coefficient (Wildman–Crippen LogP) is 16.3. The normalized spacial score (nSPS) is 14.9. The van der Waals surface area contributed by atoms with Crippen LogP contribution in [0.1, 0.15) is 33.7 Å². The number of rotatable bonds is 6. The van der Waals surface area contributed by atoms with E-state index in [1.807, 2.05) is 97.1 Å². The summed E-state index contributed by atoms with van der Waals surface area (Å²) in [5, 5.41) is 5.19. The quantitative estimate of drug-likeness (QED) is 0.167. The molecule has 5 nitrogen and oxygen atoms in total. The van der Waals surface area contributed by atoms with Gasteiger partial charge in [0.2, 0.25) is 5.95 Å². The zero-order valence-electron chi connectivity index (χ0n) is 45.3. The Hall–Kier alpha value is -9.32. The van der Waals surface area contributed by atoms with Crippen molar-refractivity contribution in [2.24, 2.45) is 0 Å². The Morgan fingerprint density at radius 2 is 0.957 bits per heavy atom. The van der Waals surface area contributed by atoms with Crippen LogP contribution in [0.2, 0.25) is 0 Å². The predicted molar refractivity (Wildman–Crippen MR) is 289 cm³/mol. The molecular formula is C65H41N5. The van der Waals surface area contributed by atoms with Gasteiger partial charge in [-0.05, 0) is 100 Å². The Labute approximate surface area is 414 Å². The molecule has 0 N–H and O–H groups in total. The number of hydrogen-bond donors (Lipinski definition) is 0. The van der Waals surface area contributed by atoms with Gasteiger partial charge >= 0.3 is 0 Å². The third kappa shape index (κ3) is 5.60. The van der Waals surface area contributed by atoms with Crippen LogP contribution in [0, 0.1) is 0 Å². The van der Waals surface area contributed by atoms with Crippen molar-refractivity contribution in [3.63, 3.8) is 0 Å². The van der Waals surface area contributed by atoms with E-state index in [1.54, 1.807) is 4.57 Å². The molecule has 0 fully saturated rings. The first-order valence-corrected chi connectivity index (χ1v) is 23.4. The van der Waals surface area contributed by atoms with Crippen LogP contribution in [0.4, 0.5) is 0 Å². The highest BCUT2D eigenvalue weighted by Crippen LogP contribution is 2.49. The molecule has 1 unspecified atom stereocenters. The fraction of sp³-hybridized carbons (Fsp3) is 0.0154. The van der Waals surface area contributed by atoms with E-state index in [2.05, 4.69) is 106 Å². The molecule has 0 spiro atoms. The Morgan fingerprint density at radius 1 is 0.371 bits per heavy atom. The van der Waals surface area contributed by atoms with Gasteiger partial charge in [-0.3, -0.25) is 4.57 Å². The van der Waals surface area contributed by atoms with Gasteiger partial charge in [0.25, 0.3) is 0 Å². The molecule has 5 heteroatoms. The van der Waals surface area contributed by atoms with Gasteiger partial charge in [0, 0.05) is 43.6 Å². The molecule has 1 aliphatic rings. The van der Waals surface area contributed by atoms with Crippen molar-refractivity contribution >= 4 is 65.4 Å². The lowest BCUT2D eigenvalue weighted by Crippen LogP contribution is -2.10. The lowest BCUT2D eigenvalue weighted by Gasteiger charge is -2.21. The van der Waals surface area contributed by atoms with Crippen LogP contribution in [-0.4, -0.2) is 23.7 Å². The largest absolute Gasteiger partial charge is 0.309 e. The van der Waals surface area contributed by atoms with Gasteiger partial charge in [0.1, 0.15) is 0 Å². The van der Waals surface area contributed by atoms with Crippen molar-refractivity contribution in [3.05, 3.63) is 259 Å². The third-order valence-electron chi connectivity index (χ3n) is 14.2. The maximum Gasteiger partial charge on any atom is 0.235 e. The molecule has 0 radical (unpaired) electrons. The molecule has 4 aromatic heterocycles. The Bertz CT molecular complexity index is 4870. The lowest BCUT2D eigenvalue weighted by atomic mass is 9.90. The van der Waals surface area contributed by atoms with Gasteiger partial charge in [-0.1, -0.05) is 176 Å². The zero-order valence-corrected chi connectivity index (χ0v) is 37.3. The summed E-state index contributed by atoms with van der Waals surface area (Å²) in [6, 6.07) is 63.1. The zero-order chi connectivity index (χ0) is 52.8. The van der Waals surface area contributed by atoms with E-state index in [0.29, 0.717) is 44.4 Å². The van der Waals surface area contributed by atoms with Crippen LogP contribution in [0.25, 0.3) is 116 Å². The van der Waals surface area contributed by atoms with E-state index in [1.165, 1.54) is 0 Å². The molecule has 0 aliphatic heterocycles. The molecule has 14 aromatic rings. The van der Waals surface area contributed by atoms with E-state index in [9.17, 15) is 5.48 Å². The van der Waals surface area contributed by atoms with E-state index in [0.717, 1.165) is 77.2 Å². The van der Waals surface area contributed by atoms with Crippen molar-refractivity contribution in [2.75, 3.05) is 0 Å². The average molecular weight is 900 g/mol. The molecule has 1 aliphatic carbocycles. The number of para-hydroxylation sites is 6. The van der Waals surface area contributed by atoms with Crippen LogP contribution in [0.15, 0.2) is 242 Å². The van der Waals surface area contributed by atoms with E-state index in [-0.39, 0.29) is 53.8 Å². The molecule has 10 aromatic carbocycles. The molecule has 0 bridgehead atoms. The summed E-state index contributed by atoms with van der Waals surface area (Å²) < 4.78 is 79.6. The van der Waals surface area contributed by atoms with E-state index < -0.39 is 12.0 Å². The molecule has 0 saturated carbocycles. The van der Waals surface area contributed by atoms with Crippen molar-refractivity contribution in [1.82, 2.24) is 23.7 Å². The monoisotopic (exact) mass is 899 g/mol. The summed E-state index contributed by atoms with van der Waals surface area (Å²) in [4.78, 5) is 11.1. The van der Waals surface area contributed by atoms with Crippen LogP contribution in [0.5, 0.6) is 0 Å². The van der Waals surface area contributed by atoms with Crippen molar-refractivity contribution in [2.45, 2.75) is 5.92 Å². The minimum absolute atomic E-state index is 0.120. The third-order valence-corrected chi connectivity index (χ3v) is 14.2. The smallest absolute Gasteiger partial charge is 0.235 e. The van der Waals surface area contributed by atoms with Crippen molar-refractivity contribution in [3.8, 4) is 50.8 Å². The second-order valence-electron chi connectivity index (χ2n) is 17.9. The highest BCUT2D eigenvalue weighted by atomic mass is 15.2. The summed E-state index contributed by atoms with van der Waals surface area (Å²) in [6.45, 7) is 0. The summed E-state index contributed by atoms with van der Waals surface area (Å²) in [6.07, 6.45) is 0. The van der Waals surface area contributed by atoms with Crippen LogP contribution in [0.3, 0.4) is 0 Å². The van der Waals surface area contributed by atoms with Gasteiger partial charge in [0.15, 0.2) is 0 Å². The maximum absolute atomic E-state index is 9.57. The highest BCUT2D eigenvalue weighted by Gasteiger charge is 2.33. The summed E-state index contributed by atoms with van der Waals surface area (Å²) in [7, 11) is 0. The minimum Gasteiger partial charge on any atom is -0.309 e. The second-order valence-corrected chi connectivity index (χ2v) is 17.9. The fourth-order valence-corrected chi connectivity index (χ4v) is 11.3. The lowest BCUT2D eigenvalue weighted by molar-refractivity contribution is 0.888. The van der Waals surface area contributed by atoms with E-state index >= 15 is 0 Å². The van der Waals surface area contributed by atoms with Gasteiger partial charge in [0.05, 0.1) is 67.1 Å². The highest BCUT2D eigenvalue weighted by molar-refractivity contribution is 6.13. The average Bonchev–Trinajstić information content (AvgIpc) is 4.33. The van der Waals surface area contributed by atoms with Gasteiger partial charge < -0.3 is 9.13 Å². The van der Waals surface area contributed by atoms with Crippen LogP contribution < -0.4 is 0 Å². The SMILES string of the molecule is [2H]c1c([2H])c([2H])c2c(c1[2H])-c1ccccc1C2c1cc(-c2c(-c3ccc4c(c3)c3ccccc3n4-c3ccccc3)cccc2-n2c3ccccc3c3ccccc32)nc(-n2c3ccccc3c3c([2H])c([2H])c([2H])c([2H])c32)n1. The molecule has 1 atom stereocenters. The Kier molecular flexibility index (Phi) is 6.82. The molecule has 70 heavy (non-hydrogen) atoms. The maximum atomic E-state index is 9.57. The topological polar surface area (TPSA) is 40.6 Å². The minimum atomic E-state index is -0.816. The van der Waals surface area contributed by atoms with Crippen molar-refractivity contribution in [1.29, 1.82) is 0 Å². The van der Waals surface area contributed by atoms with E-state index in [4.69, 9.17) is 15.5 Å². The van der Waals surface area contributed by atoms with Gasteiger partial charge in [-0.15, -0.1) is 0 Å². The molecule has 4 heterocycles. The number of fused-ring (bicyclic) bond motifs is 12. The summed E-state index contributed by atoms with van der Waals surface area (Å²) in [5.41, 5.74) is 12.3. The molecule has 326 valence electrons. The van der Waals surface area contributed by atoms with Crippen molar-refractivity contribution < 1.29 is 11.0 Å². The van der Waals surface area contributed by atoms with Crippen LogP contribution >= 0.6 is 0 Å². The fourth-order valence-electron chi connectivity index (χ4n) is 11.3. The number of aromatic nitrogens is 5.